The van der Waals surface area contributed by atoms with Gasteiger partial charge in [0, 0.05) is 13.1 Å². The first-order chi connectivity index (χ1) is 8.08. The number of hydrogen-bond acceptors (Lipinski definition) is 4. The summed E-state index contributed by atoms with van der Waals surface area (Å²) in [6.45, 7) is 2.58. The summed E-state index contributed by atoms with van der Waals surface area (Å²) in [7, 11) is 0. The number of nitrogens with one attached hydrogen (secondary N) is 1. The summed E-state index contributed by atoms with van der Waals surface area (Å²) in [5.74, 6) is -0.459. The maximum atomic E-state index is 10.3. The fraction of sp³-hybridized carbons (Fsp3) is 0.417. The molecule has 0 spiro atoms. The quantitative estimate of drug-likeness (QED) is 0.650. The van der Waals surface area contributed by atoms with Crippen LogP contribution < -0.4 is 10.1 Å². The van der Waals surface area contributed by atoms with Gasteiger partial charge in [0.25, 0.3) is 0 Å². The zero-order valence-electron chi connectivity index (χ0n) is 9.72. The van der Waals surface area contributed by atoms with Gasteiger partial charge in [-0.05, 0) is 24.6 Å². The van der Waals surface area contributed by atoms with E-state index in [1.807, 2.05) is 12.1 Å². The van der Waals surface area contributed by atoms with Crippen LogP contribution in [0, 0.1) is 0 Å². The molecule has 0 unspecified atom stereocenters. The highest BCUT2D eigenvalue weighted by molar-refractivity contribution is 5.68. The molecule has 17 heavy (non-hydrogen) atoms. The second-order valence-corrected chi connectivity index (χ2v) is 3.81. The molecule has 0 bridgehead atoms. The number of hydrogen-bond donors (Lipinski definition) is 3. The van der Waals surface area contributed by atoms with E-state index in [0.29, 0.717) is 18.8 Å². The van der Waals surface area contributed by atoms with E-state index in [0.717, 1.165) is 5.56 Å². The molecule has 0 radical (unpaired) electrons. The third-order valence-corrected chi connectivity index (χ3v) is 2.05. The highest BCUT2D eigenvalue weighted by Gasteiger charge is 2.00. The SMILES string of the molecule is C[C@@H](O)CNCc1ccc(OCC(=O)O)cc1. The van der Waals surface area contributed by atoms with Crippen LogP contribution in [0.1, 0.15) is 12.5 Å². The molecule has 0 amide bonds. The first-order valence-corrected chi connectivity index (χ1v) is 5.40. The van der Waals surface area contributed by atoms with Crippen LogP contribution in [0.15, 0.2) is 24.3 Å². The number of aliphatic hydroxyl groups is 1. The Labute approximate surface area is 100 Å². The number of aliphatic hydroxyl groups excluding tert-OH is 1. The first kappa shape index (κ1) is 13.5. The molecule has 0 saturated carbocycles. The molecule has 0 heterocycles. The highest BCUT2D eigenvalue weighted by Crippen LogP contribution is 2.11. The van der Waals surface area contributed by atoms with Crippen LogP contribution in [0.4, 0.5) is 0 Å². The number of ether oxygens (including phenoxy) is 1. The smallest absolute Gasteiger partial charge is 0.341 e. The number of aliphatic carboxylic acids is 1. The lowest BCUT2D eigenvalue weighted by atomic mass is 10.2. The van der Waals surface area contributed by atoms with E-state index in [1.54, 1.807) is 19.1 Å². The summed E-state index contributed by atoms with van der Waals surface area (Å²) >= 11 is 0. The fourth-order valence-electron chi connectivity index (χ4n) is 1.27. The zero-order chi connectivity index (χ0) is 12.7. The second-order valence-electron chi connectivity index (χ2n) is 3.81. The molecule has 0 aliphatic carbocycles. The average Bonchev–Trinajstić information content (AvgIpc) is 2.27. The monoisotopic (exact) mass is 239 g/mol. The van der Waals surface area contributed by atoms with Crippen molar-refractivity contribution in [2.75, 3.05) is 13.2 Å². The van der Waals surface area contributed by atoms with E-state index in [1.165, 1.54) is 0 Å². The van der Waals surface area contributed by atoms with Gasteiger partial charge in [-0.25, -0.2) is 4.79 Å². The van der Waals surface area contributed by atoms with E-state index in [-0.39, 0.29) is 12.7 Å². The maximum Gasteiger partial charge on any atom is 0.341 e. The van der Waals surface area contributed by atoms with Crippen LogP contribution in [-0.4, -0.2) is 35.4 Å². The molecule has 3 N–H and O–H groups in total. The topological polar surface area (TPSA) is 78.8 Å². The Hall–Kier alpha value is -1.59. The molecule has 1 rings (SSSR count). The summed E-state index contributed by atoms with van der Waals surface area (Å²) in [6, 6.07) is 7.16. The van der Waals surface area contributed by atoms with Gasteiger partial charge in [-0.1, -0.05) is 12.1 Å². The van der Waals surface area contributed by atoms with E-state index >= 15 is 0 Å². The molecular weight excluding hydrogens is 222 g/mol. The van der Waals surface area contributed by atoms with Gasteiger partial charge in [0.2, 0.25) is 0 Å². The van der Waals surface area contributed by atoms with Crippen molar-refractivity contribution in [2.45, 2.75) is 19.6 Å². The predicted octanol–water partition coefficient (Wildman–Crippen LogP) is 0.620. The normalized spacial score (nSPS) is 12.1. The summed E-state index contributed by atoms with van der Waals surface area (Å²) < 4.78 is 5.01. The third kappa shape index (κ3) is 5.89. The van der Waals surface area contributed by atoms with Crippen molar-refractivity contribution in [3.8, 4) is 5.75 Å². The standard InChI is InChI=1S/C12H17NO4/c1-9(14)6-13-7-10-2-4-11(5-3-10)17-8-12(15)16/h2-5,9,13-14H,6-8H2,1H3,(H,15,16)/t9-/m1/s1. The number of carboxylic acids is 1. The number of benzene rings is 1. The van der Waals surface area contributed by atoms with E-state index < -0.39 is 5.97 Å². The Morgan fingerprint density at radius 1 is 1.41 bits per heavy atom. The minimum Gasteiger partial charge on any atom is -0.482 e. The maximum absolute atomic E-state index is 10.3. The second kappa shape index (κ2) is 6.88. The average molecular weight is 239 g/mol. The molecule has 0 aliphatic rings. The summed E-state index contributed by atoms with van der Waals surface area (Å²) in [4.78, 5) is 10.3. The van der Waals surface area contributed by atoms with Gasteiger partial charge < -0.3 is 20.3 Å². The Kier molecular flexibility index (Phi) is 5.45. The molecule has 1 aromatic carbocycles. The molecule has 1 atom stereocenters. The van der Waals surface area contributed by atoms with Gasteiger partial charge >= 0.3 is 5.97 Å². The van der Waals surface area contributed by atoms with Crippen LogP contribution in [-0.2, 0) is 11.3 Å². The van der Waals surface area contributed by atoms with Crippen LogP contribution >= 0.6 is 0 Å². The van der Waals surface area contributed by atoms with Crippen molar-refractivity contribution in [3.63, 3.8) is 0 Å². The Bertz CT molecular complexity index is 348. The van der Waals surface area contributed by atoms with Gasteiger partial charge in [-0.2, -0.15) is 0 Å². The van der Waals surface area contributed by atoms with Crippen molar-refractivity contribution in [1.29, 1.82) is 0 Å². The molecule has 0 saturated heterocycles. The largest absolute Gasteiger partial charge is 0.482 e. The van der Waals surface area contributed by atoms with Gasteiger partial charge in [-0.3, -0.25) is 0 Å². The van der Waals surface area contributed by atoms with Crippen molar-refractivity contribution >= 4 is 5.97 Å². The zero-order valence-corrected chi connectivity index (χ0v) is 9.72. The minimum atomic E-state index is -0.993. The lowest BCUT2D eigenvalue weighted by Gasteiger charge is -2.08. The molecule has 1 aromatic rings. The molecular formula is C12H17NO4. The molecule has 94 valence electrons. The van der Waals surface area contributed by atoms with Crippen LogP contribution in [0.2, 0.25) is 0 Å². The molecule has 0 fully saturated rings. The predicted molar refractivity (Wildman–Crippen MR) is 63.0 cm³/mol. The van der Waals surface area contributed by atoms with Crippen LogP contribution in [0.3, 0.4) is 0 Å². The molecule has 5 nitrogen and oxygen atoms in total. The van der Waals surface area contributed by atoms with Gasteiger partial charge in [0.1, 0.15) is 5.75 Å². The lowest BCUT2D eigenvalue weighted by Crippen LogP contribution is -2.23. The van der Waals surface area contributed by atoms with E-state index in [9.17, 15) is 4.79 Å². The Morgan fingerprint density at radius 3 is 2.59 bits per heavy atom. The van der Waals surface area contributed by atoms with Gasteiger partial charge in [-0.15, -0.1) is 0 Å². The Morgan fingerprint density at radius 2 is 2.06 bits per heavy atom. The van der Waals surface area contributed by atoms with Crippen molar-refractivity contribution < 1.29 is 19.7 Å². The number of carbonyl (C=O) groups is 1. The minimum absolute atomic E-state index is 0.334. The van der Waals surface area contributed by atoms with Crippen LogP contribution in [0.25, 0.3) is 0 Å². The van der Waals surface area contributed by atoms with Crippen molar-refractivity contribution in [2.24, 2.45) is 0 Å². The van der Waals surface area contributed by atoms with E-state index in [2.05, 4.69) is 5.32 Å². The van der Waals surface area contributed by atoms with E-state index in [4.69, 9.17) is 14.9 Å². The van der Waals surface area contributed by atoms with Gasteiger partial charge in [0.05, 0.1) is 6.10 Å². The molecule has 5 heteroatoms. The highest BCUT2D eigenvalue weighted by atomic mass is 16.5. The number of carboxylic acid groups (broad SMARTS) is 1. The summed E-state index contributed by atoms with van der Waals surface area (Å²) in [5.41, 5.74) is 1.05. The first-order valence-electron chi connectivity index (χ1n) is 5.40. The lowest BCUT2D eigenvalue weighted by molar-refractivity contribution is -0.139. The number of rotatable bonds is 7. The van der Waals surface area contributed by atoms with Crippen molar-refractivity contribution in [3.05, 3.63) is 29.8 Å². The Balaban J connectivity index is 2.36. The summed E-state index contributed by atoms with van der Waals surface area (Å²) in [5, 5.41) is 20.6. The van der Waals surface area contributed by atoms with Crippen LogP contribution in [0.5, 0.6) is 5.75 Å². The van der Waals surface area contributed by atoms with Gasteiger partial charge in [0.15, 0.2) is 6.61 Å². The summed E-state index contributed by atoms with van der Waals surface area (Å²) in [6.07, 6.45) is -0.367. The molecule has 0 aromatic heterocycles. The molecule has 0 aliphatic heterocycles. The fourth-order valence-corrected chi connectivity index (χ4v) is 1.27. The third-order valence-electron chi connectivity index (χ3n) is 2.05. The van der Waals surface area contributed by atoms with Crippen molar-refractivity contribution in [1.82, 2.24) is 5.32 Å².